The van der Waals surface area contributed by atoms with Gasteiger partial charge < -0.3 is 14.0 Å². The van der Waals surface area contributed by atoms with Crippen LogP contribution in [0.2, 0.25) is 0 Å². The number of carbonyl (C=O) groups is 1. The lowest BCUT2D eigenvalue weighted by molar-refractivity contribution is 0.00578. The third kappa shape index (κ3) is 2.94. The van der Waals surface area contributed by atoms with Crippen molar-refractivity contribution in [3.05, 3.63) is 34.2 Å². The van der Waals surface area contributed by atoms with Gasteiger partial charge in [0.2, 0.25) is 0 Å². The first-order valence-corrected chi connectivity index (χ1v) is 6.84. The molecule has 1 aromatic rings. The molecular weight excluding hydrogens is 285 g/mol. The Morgan fingerprint density at radius 1 is 1.23 bits per heavy atom. The van der Waals surface area contributed by atoms with E-state index in [0.29, 0.717) is 11.2 Å². The van der Waals surface area contributed by atoms with Gasteiger partial charge in [-0.1, -0.05) is 11.2 Å². The molecule has 1 aromatic carbocycles. The Balaban J connectivity index is 2.45. The first kappa shape index (κ1) is 16.4. The molecule has 1 fully saturated rings. The molecule has 22 heavy (non-hydrogen) atoms. The van der Waals surface area contributed by atoms with Gasteiger partial charge in [-0.2, -0.15) is 0 Å². The predicted octanol–water partition coefficient (Wildman–Crippen LogP) is 2.71. The van der Waals surface area contributed by atoms with Crippen molar-refractivity contribution in [3.8, 4) is 0 Å². The number of azide groups is 1. The van der Waals surface area contributed by atoms with Gasteiger partial charge in [0, 0.05) is 10.6 Å². The smallest absolute Gasteiger partial charge is 0.465 e. The summed E-state index contributed by atoms with van der Waals surface area (Å²) in [6.07, 6.45) is 0. The van der Waals surface area contributed by atoms with Crippen molar-refractivity contribution in [1.29, 1.82) is 0 Å². The van der Waals surface area contributed by atoms with Gasteiger partial charge in [-0.3, -0.25) is 0 Å². The molecular formula is C14H18BN3O4. The van der Waals surface area contributed by atoms with E-state index in [0.717, 1.165) is 0 Å². The fourth-order valence-corrected chi connectivity index (χ4v) is 2.09. The number of carbonyl (C=O) groups excluding carboxylic acids is 1. The second-order valence-electron chi connectivity index (χ2n) is 6.08. The van der Waals surface area contributed by atoms with Gasteiger partial charge in [0.25, 0.3) is 0 Å². The van der Waals surface area contributed by atoms with Crippen molar-refractivity contribution < 1.29 is 18.8 Å². The maximum absolute atomic E-state index is 11.8. The van der Waals surface area contributed by atoms with Crippen molar-refractivity contribution in [1.82, 2.24) is 0 Å². The van der Waals surface area contributed by atoms with E-state index in [1.165, 1.54) is 13.2 Å². The lowest BCUT2D eigenvalue weighted by atomic mass is 9.78. The van der Waals surface area contributed by atoms with Crippen LogP contribution in [0, 0.1) is 0 Å². The molecule has 1 heterocycles. The van der Waals surface area contributed by atoms with Crippen LogP contribution in [0.5, 0.6) is 0 Å². The molecule has 0 amide bonds. The van der Waals surface area contributed by atoms with E-state index >= 15 is 0 Å². The van der Waals surface area contributed by atoms with E-state index in [9.17, 15) is 4.79 Å². The Hall–Kier alpha value is -2.02. The fourth-order valence-electron chi connectivity index (χ4n) is 2.09. The number of ether oxygens (including phenoxy) is 1. The highest BCUT2D eigenvalue weighted by Gasteiger charge is 2.51. The number of hydrogen-bond acceptors (Lipinski definition) is 5. The second kappa shape index (κ2) is 5.64. The van der Waals surface area contributed by atoms with Gasteiger partial charge >= 0.3 is 13.1 Å². The second-order valence-corrected chi connectivity index (χ2v) is 6.08. The summed E-state index contributed by atoms with van der Waals surface area (Å²) < 4.78 is 16.6. The summed E-state index contributed by atoms with van der Waals surface area (Å²) in [6.45, 7) is 7.74. The number of nitrogens with zero attached hydrogens (tertiary/aromatic N) is 3. The maximum atomic E-state index is 11.8. The number of rotatable bonds is 3. The van der Waals surface area contributed by atoms with Crippen LogP contribution in [0.15, 0.2) is 23.3 Å². The molecule has 8 heteroatoms. The topological polar surface area (TPSA) is 93.5 Å². The van der Waals surface area contributed by atoms with Gasteiger partial charge in [0.15, 0.2) is 0 Å². The van der Waals surface area contributed by atoms with E-state index in [4.69, 9.17) is 19.6 Å². The zero-order valence-corrected chi connectivity index (χ0v) is 13.3. The van der Waals surface area contributed by atoms with Crippen LogP contribution in [0.4, 0.5) is 5.69 Å². The molecule has 116 valence electrons. The molecule has 0 aliphatic carbocycles. The number of benzene rings is 1. The van der Waals surface area contributed by atoms with Crippen molar-refractivity contribution in [2.75, 3.05) is 7.11 Å². The highest BCUT2D eigenvalue weighted by Crippen LogP contribution is 2.36. The first-order valence-electron chi connectivity index (χ1n) is 6.84. The Bertz CT molecular complexity index is 637. The van der Waals surface area contributed by atoms with Crippen molar-refractivity contribution in [3.63, 3.8) is 0 Å². The summed E-state index contributed by atoms with van der Waals surface area (Å²) in [5, 5.41) is 3.55. The standard InChI is InChI=1S/C14H18BN3O4/c1-13(2)14(3,4)22-15(21-13)10-6-9(12(19)20-5)7-11(8-10)17-18-16/h6-8H,1-5H3. The van der Waals surface area contributed by atoms with Crippen LogP contribution in [-0.4, -0.2) is 31.4 Å². The summed E-state index contributed by atoms with van der Waals surface area (Å²) in [4.78, 5) is 14.5. The summed E-state index contributed by atoms with van der Waals surface area (Å²) in [6, 6.07) is 4.71. The van der Waals surface area contributed by atoms with E-state index in [-0.39, 0.29) is 5.56 Å². The molecule has 1 aliphatic heterocycles. The maximum Gasteiger partial charge on any atom is 0.494 e. The van der Waals surface area contributed by atoms with Crippen molar-refractivity contribution in [2.24, 2.45) is 5.11 Å². The Morgan fingerprint density at radius 3 is 2.32 bits per heavy atom. The lowest BCUT2D eigenvalue weighted by Gasteiger charge is -2.32. The third-order valence-electron chi connectivity index (χ3n) is 4.05. The van der Waals surface area contributed by atoms with Gasteiger partial charge in [0.1, 0.15) is 0 Å². The highest BCUT2D eigenvalue weighted by atomic mass is 16.7. The summed E-state index contributed by atoms with van der Waals surface area (Å²) in [5.41, 5.74) is 8.78. The minimum Gasteiger partial charge on any atom is -0.465 e. The molecule has 0 spiro atoms. The van der Waals surface area contributed by atoms with Crippen LogP contribution < -0.4 is 5.46 Å². The molecule has 7 nitrogen and oxygen atoms in total. The molecule has 0 unspecified atom stereocenters. The van der Waals surface area contributed by atoms with E-state index < -0.39 is 24.3 Å². The molecule has 0 radical (unpaired) electrons. The van der Waals surface area contributed by atoms with Crippen molar-refractivity contribution in [2.45, 2.75) is 38.9 Å². The van der Waals surface area contributed by atoms with E-state index in [2.05, 4.69) is 10.0 Å². The Morgan fingerprint density at radius 2 is 1.82 bits per heavy atom. The first-order chi connectivity index (χ1) is 10.2. The number of hydrogen-bond donors (Lipinski definition) is 0. The van der Waals surface area contributed by atoms with Crippen LogP contribution in [0.25, 0.3) is 10.4 Å². The Labute approximate surface area is 129 Å². The lowest BCUT2D eigenvalue weighted by Crippen LogP contribution is -2.41. The minimum absolute atomic E-state index is 0.275. The highest BCUT2D eigenvalue weighted by molar-refractivity contribution is 6.62. The van der Waals surface area contributed by atoms with Gasteiger partial charge in [-0.15, -0.1) is 0 Å². The molecule has 0 N–H and O–H groups in total. The SMILES string of the molecule is COC(=O)c1cc(N=[N+]=[N-])cc(B2OC(C)(C)C(C)(C)O2)c1. The summed E-state index contributed by atoms with van der Waals surface area (Å²) in [5.74, 6) is -0.521. The van der Waals surface area contributed by atoms with Gasteiger partial charge in [-0.05, 0) is 50.8 Å². The summed E-state index contributed by atoms with van der Waals surface area (Å²) >= 11 is 0. The molecule has 0 saturated carbocycles. The predicted molar refractivity (Wildman–Crippen MR) is 82.3 cm³/mol. The number of methoxy groups -OCH3 is 1. The fraction of sp³-hybridized carbons (Fsp3) is 0.500. The van der Waals surface area contributed by atoms with Crippen molar-refractivity contribution >= 4 is 24.2 Å². The molecule has 1 aliphatic rings. The van der Waals surface area contributed by atoms with E-state index in [1.54, 1.807) is 12.1 Å². The number of esters is 1. The molecule has 0 bridgehead atoms. The van der Waals surface area contributed by atoms with Gasteiger partial charge in [0.05, 0.1) is 23.9 Å². The minimum atomic E-state index is -0.651. The molecule has 2 rings (SSSR count). The average Bonchev–Trinajstić information content (AvgIpc) is 2.66. The third-order valence-corrected chi connectivity index (χ3v) is 4.05. The average molecular weight is 303 g/mol. The summed E-state index contributed by atoms with van der Waals surface area (Å²) in [7, 11) is 0.638. The van der Waals surface area contributed by atoms with Gasteiger partial charge in [-0.25, -0.2) is 4.79 Å². The van der Waals surface area contributed by atoms with Crippen LogP contribution in [0.3, 0.4) is 0 Å². The monoisotopic (exact) mass is 303 g/mol. The molecule has 1 saturated heterocycles. The van der Waals surface area contributed by atoms with Crippen LogP contribution in [0.1, 0.15) is 38.1 Å². The molecule has 0 atom stereocenters. The Kier molecular flexibility index (Phi) is 4.20. The quantitative estimate of drug-likeness (QED) is 0.282. The molecule has 0 aromatic heterocycles. The normalized spacial score (nSPS) is 18.7. The zero-order chi connectivity index (χ0) is 16.5. The largest absolute Gasteiger partial charge is 0.494 e. The van der Waals surface area contributed by atoms with Crippen LogP contribution in [-0.2, 0) is 14.0 Å². The zero-order valence-electron chi connectivity index (χ0n) is 13.3. The van der Waals surface area contributed by atoms with Crippen LogP contribution >= 0.6 is 0 Å². The van der Waals surface area contributed by atoms with E-state index in [1.807, 2.05) is 27.7 Å².